The van der Waals surface area contributed by atoms with Crippen LogP contribution in [0.25, 0.3) is 11.3 Å². The molecule has 2 aromatic carbocycles. The molecule has 0 radical (unpaired) electrons. The van der Waals surface area contributed by atoms with Gasteiger partial charge in [-0.25, -0.2) is 9.37 Å². The number of methoxy groups -OCH3 is 1. The highest BCUT2D eigenvalue weighted by Gasteiger charge is 2.16. The van der Waals surface area contributed by atoms with Crippen molar-refractivity contribution in [3.05, 3.63) is 60.4 Å². The van der Waals surface area contributed by atoms with Crippen LogP contribution in [0.3, 0.4) is 0 Å². The van der Waals surface area contributed by atoms with Crippen LogP contribution in [-0.2, 0) is 0 Å². The fraction of sp³-hybridized carbons (Fsp3) is 0.238. The number of ether oxygens (including phenoxy) is 1. The molecule has 1 N–H and O–H groups in total. The Labute approximate surface area is 168 Å². The van der Waals surface area contributed by atoms with Gasteiger partial charge in [0.2, 0.25) is 5.95 Å². The van der Waals surface area contributed by atoms with Gasteiger partial charge in [-0.05, 0) is 12.1 Å². The van der Waals surface area contributed by atoms with E-state index in [1.165, 1.54) is 13.2 Å². The predicted octanol–water partition coefficient (Wildman–Crippen LogP) is 4.59. The summed E-state index contributed by atoms with van der Waals surface area (Å²) < 4.78 is 19.0. The van der Waals surface area contributed by atoms with E-state index < -0.39 is 5.82 Å². The number of hydrogen-bond acceptors (Lipinski definition) is 6. The van der Waals surface area contributed by atoms with Gasteiger partial charge in [0.15, 0.2) is 11.6 Å². The van der Waals surface area contributed by atoms with Crippen LogP contribution in [0.5, 0.6) is 5.75 Å². The highest BCUT2D eigenvalue weighted by atomic mass is 32.2. The Bertz CT molecular complexity index is 948. The van der Waals surface area contributed by atoms with E-state index in [-0.39, 0.29) is 5.75 Å². The monoisotopic (exact) mass is 396 g/mol. The fourth-order valence-corrected chi connectivity index (χ4v) is 3.98. The minimum atomic E-state index is -0.431. The van der Waals surface area contributed by atoms with Crippen LogP contribution in [0.4, 0.5) is 21.8 Å². The largest absolute Gasteiger partial charge is 0.494 e. The molecule has 144 valence electrons. The number of rotatable bonds is 5. The highest BCUT2D eigenvalue weighted by molar-refractivity contribution is 7.99. The first-order chi connectivity index (χ1) is 13.7. The average Bonchev–Trinajstić information content (AvgIpc) is 2.75. The predicted molar refractivity (Wildman–Crippen MR) is 113 cm³/mol. The van der Waals surface area contributed by atoms with Gasteiger partial charge < -0.3 is 15.0 Å². The lowest BCUT2D eigenvalue weighted by molar-refractivity contribution is 0.386. The minimum Gasteiger partial charge on any atom is -0.494 e. The lowest BCUT2D eigenvalue weighted by Gasteiger charge is -2.28. The first-order valence-electron chi connectivity index (χ1n) is 9.11. The average molecular weight is 396 g/mol. The molecule has 2 heterocycles. The molecule has 0 atom stereocenters. The van der Waals surface area contributed by atoms with Crippen molar-refractivity contribution in [2.24, 2.45) is 0 Å². The number of hydrogen-bond donors (Lipinski definition) is 1. The summed E-state index contributed by atoms with van der Waals surface area (Å²) in [5.41, 5.74) is 2.42. The second-order valence-electron chi connectivity index (χ2n) is 6.37. The van der Waals surface area contributed by atoms with Crippen molar-refractivity contribution in [3.63, 3.8) is 0 Å². The zero-order valence-corrected chi connectivity index (χ0v) is 16.4. The molecule has 4 rings (SSSR count). The molecule has 3 aromatic rings. The van der Waals surface area contributed by atoms with E-state index in [9.17, 15) is 4.39 Å². The van der Waals surface area contributed by atoms with E-state index >= 15 is 0 Å². The van der Waals surface area contributed by atoms with Crippen LogP contribution in [0.15, 0.2) is 54.6 Å². The second-order valence-corrected chi connectivity index (χ2v) is 7.60. The van der Waals surface area contributed by atoms with Crippen LogP contribution in [-0.4, -0.2) is 41.7 Å². The van der Waals surface area contributed by atoms with Gasteiger partial charge in [0, 0.05) is 48.0 Å². The molecule has 0 amide bonds. The Morgan fingerprint density at radius 2 is 1.82 bits per heavy atom. The van der Waals surface area contributed by atoms with Crippen molar-refractivity contribution in [1.29, 1.82) is 0 Å². The molecule has 5 nitrogen and oxygen atoms in total. The Kier molecular flexibility index (Phi) is 5.62. The maximum atomic E-state index is 14.1. The lowest BCUT2D eigenvalue weighted by Crippen LogP contribution is -2.33. The molecule has 0 unspecified atom stereocenters. The van der Waals surface area contributed by atoms with E-state index in [1.807, 2.05) is 48.2 Å². The number of nitrogens with zero attached hydrogens (tertiary/aromatic N) is 3. The third-order valence-electron chi connectivity index (χ3n) is 4.53. The number of benzene rings is 2. The number of anilines is 3. The van der Waals surface area contributed by atoms with Crippen molar-refractivity contribution in [3.8, 4) is 17.0 Å². The Hall–Kier alpha value is -2.80. The molecule has 0 spiro atoms. The number of nitrogens with one attached hydrogen (secondary N) is 1. The number of thioether (sulfide) groups is 1. The zero-order chi connectivity index (χ0) is 19.3. The first-order valence-corrected chi connectivity index (χ1v) is 10.3. The van der Waals surface area contributed by atoms with Gasteiger partial charge in [-0.3, -0.25) is 0 Å². The van der Waals surface area contributed by atoms with Crippen LogP contribution < -0.4 is 15.0 Å². The summed E-state index contributed by atoms with van der Waals surface area (Å²) in [6.07, 6.45) is 0. The molecule has 1 aromatic heterocycles. The van der Waals surface area contributed by atoms with E-state index in [1.54, 1.807) is 12.1 Å². The molecule has 0 aliphatic carbocycles. The summed E-state index contributed by atoms with van der Waals surface area (Å²) in [6.45, 7) is 1.90. The summed E-state index contributed by atoms with van der Waals surface area (Å²) in [5.74, 6) is 3.26. The van der Waals surface area contributed by atoms with Gasteiger partial charge in [0.1, 0.15) is 5.82 Å². The number of halogens is 1. The topological polar surface area (TPSA) is 50.3 Å². The van der Waals surface area contributed by atoms with E-state index in [0.29, 0.717) is 11.6 Å². The fourth-order valence-electron chi connectivity index (χ4n) is 3.07. The van der Waals surface area contributed by atoms with Gasteiger partial charge >= 0.3 is 0 Å². The van der Waals surface area contributed by atoms with Gasteiger partial charge in [-0.1, -0.05) is 30.3 Å². The van der Waals surface area contributed by atoms with Gasteiger partial charge in [-0.2, -0.15) is 16.7 Å². The van der Waals surface area contributed by atoms with Crippen molar-refractivity contribution in [1.82, 2.24) is 9.97 Å². The molecule has 0 saturated carbocycles. The summed E-state index contributed by atoms with van der Waals surface area (Å²) in [6, 6.07) is 16.7. The van der Waals surface area contributed by atoms with Crippen molar-refractivity contribution >= 4 is 29.2 Å². The molecule has 1 aliphatic heterocycles. The molecular formula is C21H21FN4OS. The van der Waals surface area contributed by atoms with E-state index in [0.717, 1.165) is 41.7 Å². The van der Waals surface area contributed by atoms with Crippen LogP contribution >= 0.6 is 11.8 Å². The van der Waals surface area contributed by atoms with E-state index in [4.69, 9.17) is 9.72 Å². The third kappa shape index (κ3) is 4.20. The Morgan fingerprint density at radius 3 is 2.54 bits per heavy atom. The molecular weight excluding hydrogens is 375 g/mol. The first kappa shape index (κ1) is 18.6. The third-order valence-corrected chi connectivity index (χ3v) is 5.47. The van der Waals surface area contributed by atoms with Crippen LogP contribution in [0, 0.1) is 5.82 Å². The number of aromatic nitrogens is 2. The summed E-state index contributed by atoms with van der Waals surface area (Å²) >= 11 is 1.95. The van der Waals surface area contributed by atoms with E-state index in [2.05, 4.69) is 15.2 Å². The summed E-state index contributed by atoms with van der Waals surface area (Å²) in [5, 5.41) is 3.14. The quantitative estimate of drug-likeness (QED) is 0.681. The smallest absolute Gasteiger partial charge is 0.229 e. The van der Waals surface area contributed by atoms with Crippen LogP contribution in [0.1, 0.15) is 0 Å². The SMILES string of the molecule is COc1ccc(Nc2nc(-c3ccccc3)cc(N3CCSCC3)n2)cc1F. The molecule has 7 heteroatoms. The van der Waals surface area contributed by atoms with Crippen molar-refractivity contribution < 1.29 is 9.13 Å². The molecule has 1 aliphatic rings. The summed E-state index contributed by atoms with van der Waals surface area (Å²) in [7, 11) is 1.45. The van der Waals surface area contributed by atoms with Gasteiger partial charge in [0.05, 0.1) is 12.8 Å². The van der Waals surface area contributed by atoms with Crippen LogP contribution in [0.2, 0.25) is 0 Å². The highest BCUT2D eigenvalue weighted by Crippen LogP contribution is 2.27. The zero-order valence-electron chi connectivity index (χ0n) is 15.6. The molecule has 0 bridgehead atoms. The molecule has 1 fully saturated rings. The summed E-state index contributed by atoms with van der Waals surface area (Å²) in [4.78, 5) is 11.6. The van der Waals surface area contributed by atoms with Gasteiger partial charge in [0.25, 0.3) is 0 Å². The molecule has 1 saturated heterocycles. The van der Waals surface area contributed by atoms with Gasteiger partial charge in [-0.15, -0.1) is 0 Å². The Balaban J connectivity index is 1.70. The molecule has 28 heavy (non-hydrogen) atoms. The minimum absolute atomic E-state index is 0.205. The maximum Gasteiger partial charge on any atom is 0.229 e. The standard InChI is InChI=1S/C21H21FN4OS/c1-27-19-8-7-16(13-17(19)22)23-21-24-18(15-5-3-2-4-6-15)14-20(25-21)26-9-11-28-12-10-26/h2-8,13-14H,9-12H2,1H3,(H,23,24,25). The Morgan fingerprint density at radius 1 is 1.04 bits per heavy atom. The normalized spacial score (nSPS) is 14.0. The second kappa shape index (κ2) is 8.48. The maximum absolute atomic E-state index is 14.1. The lowest BCUT2D eigenvalue weighted by atomic mass is 10.1. The van der Waals surface area contributed by atoms with Crippen molar-refractivity contribution in [2.45, 2.75) is 0 Å². The van der Waals surface area contributed by atoms with Crippen molar-refractivity contribution in [2.75, 3.05) is 41.9 Å².